The molecule has 0 fully saturated rings. The monoisotopic (exact) mass is 190 g/mol. The lowest BCUT2D eigenvalue weighted by atomic mass is 10.1. The number of ether oxygens (including phenoxy) is 2. The van der Waals surface area contributed by atoms with E-state index in [4.69, 9.17) is 9.47 Å². The molecule has 0 saturated carbocycles. The van der Waals surface area contributed by atoms with E-state index in [1.807, 2.05) is 19.1 Å². The van der Waals surface area contributed by atoms with Gasteiger partial charge < -0.3 is 9.47 Å². The zero-order chi connectivity index (χ0) is 10.1. The summed E-state index contributed by atoms with van der Waals surface area (Å²) in [6.07, 6.45) is 1.88. The molecule has 2 rings (SSSR count). The number of fused-ring (bicyclic) bond motifs is 1. The molecule has 0 aliphatic carbocycles. The molecule has 1 heterocycles. The third kappa shape index (κ3) is 1.53. The summed E-state index contributed by atoms with van der Waals surface area (Å²) in [4.78, 5) is 0. The van der Waals surface area contributed by atoms with Gasteiger partial charge in [0.2, 0.25) is 6.29 Å². The number of hydrogen-bond donors (Lipinski definition) is 0. The van der Waals surface area contributed by atoms with Crippen LogP contribution in [0.3, 0.4) is 0 Å². The quantitative estimate of drug-likeness (QED) is 0.678. The van der Waals surface area contributed by atoms with E-state index >= 15 is 0 Å². The lowest BCUT2D eigenvalue weighted by Gasteiger charge is -2.24. The molecule has 74 valence electrons. The van der Waals surface area contributed by atoms with Crippen LogP contribution in [-0.2, 0) is 4.74 Å². The molecule has 0 bridgehead atoms. The molecule has 1 aromatic carbocycles. The van der Waals surface area contributed by atoms with E-state index in [1.54, 1.807) is 7.11 Å². The number of aryl methyl sites for hydroxylation is 1. The van der Waals surface area contributed by atoms with Crippen molar-refractivity contribution in [2.24, 2.45) is 0 Å². The lowest BCUT2D eigenvalue weighted by Crippen LogP contribution is -2.23. The number of hydrogen-bond acceptors (Lipinski definition) is 2. The Morgan fingerprint density at radius 2 is 2.07 bits per heavy atom. The summed E-state index contributed by atoms with van der Waals surface area (Å²) in [5, 5.41) is 0. The van der Waals surface area contributed by atoms with Crippen molar-refractivity contribution >= 4 is 6.08 Å². The van der Waals surface area contributed by atoms with E-state index < -0.39 is 0 Å². The van der Waals surface area contributed by atoms with Crippen LogP contribution in [-0.4, -0.2) is 13.4 Å². The second kappa shape index (κ2) is 3.46. The van der Waals surface area contributed by atoms with Crippen LogP contribution >= 0.6 is 0 Å². The standard InChI is InChI=1S/C12H14O2/c1-8-4-5-11-10(6-8)7-9(2)12(13-3)14-11/h4-7,12H,1-3H3. The molecule has 1 aromatic rings. The Hall–Kier alpha value is -1.28. The van der Waals surface area contributed by atoms with E-state index in [0.29, 0.717) is 0 Å². The third-order valence-corrected chi connectivity index (χ3v) is 2.37. The molecule has 2 nitrogen and oxygen atoms in total. The summed E-state index contributed by atoms with van der Waals surface area (Å²) < 4.78 is 10.9. The Kier molecular flexibility index (Phi) is 2.30. The Morgan fingerprint density at radius 1 is 1.29 bits per heavy atom. The highest BCUT2D eigenvalue weighted by atomic mass is 16.7. The van der Waals surface area contributed by atoms with Gasteiger partial charge in [0.25, 0.3) is 0 Å². The summed E-state index contributed by atoms with van der Waals surface area (Å²) >= 11 is 0. The summed E-state index contributed by atoms with van der Waals surface area (Å²) in [5.41, 5.74) is 3.48. The molecule has 1 atom stereocenters. The fourth-order valence-corrected chi connectivity index (χ4v) is 1.64. The minimum Gasteiger partial charge on any atom is -0.460 e. The maximum atomic E-state index is 5.66. The maximum Gasteiger partial charge on any atom is 0.222 e. The fourth-order valence-electron chi connectivity index (χ4n) is 1.64. The molecule has 0 N–H and O–H groups in total. The van der Waals surface area contributed by atoms with Crippen molar-refractivity contribution in [2.75, 3.05) is 7.11 Å². The SMILES string of the molecule is COC1Oc2ccc(C)cc2C=C1C. The van der Waals surface area contributed by atoms with Crippen molar-refractivity contribution in [3.63, 3.8) is 0 Å². The van der Waals surface area contributed by atoms with Crippen LogP contribution < -0.4 is 4.74 Å². The van der Waals surface area contributed by atoms with E-state index in [9.17, 15) is 0 Å². The molecule has 0 amide bonds. The minimum absolute atomic E-state index is 0.231. The van der Waals surface area contributed by atoms with E-state index in [-0.39, 0.29) is 6.29 Å². The molecule has 0 spiro atoms. The summed E-state index contributed by atoms with van der Waals surface area (Å²) in [6.45, 7) is 4.09. The average Bonchev–Trinajstić information content (AvgIpc) is 2.16. The highest BCUT2D eigenvalue weighted by Gasteiger charge is 2.18. The van der Waals surface area contributed by atoms with E-state index in [0.717, 1.165) is 16.9 Å². The van der Waals surface area contributed by atoms with Crippen LogP contribution in [0, 0.1) is 6.92 Å². The van der Waals surface area contributed by atoms with Crippen LogP contribution in [0.4, 0.5) is 0 Å². The predicted molar refractivity (Wildman–Crippen MR) is 56.3 cm³/mol. The van der Waals surface area contributed by atoms with Gasteiger partial charge in [-0.2, -0.15) is 0 Å². The highest BCUT2D eigenvalue weighted by molar-refractivity contribution is 5.63. The first kappa shape index (κ1) is 9.28. The maximum absolute atomic E-state index is 5.66. The van der Waals surface area contributed by atoms with Gasteiger partial charge in [0, 0.05) is 12.7 Å². The predicted octanol–water partition coefficient (Wildman–Crippen LogP) is 2.76. The summed E-state index contributed by atoms with van der Waals surface area (Å²) in [7, 11) is 1.65. The molecular formula is C12H14O2. The molecule has 1 aliphatic rings. The Bertz CT molecular complexity index is 380. The molecule has 1 unspecified atom stereocenters. The van der Waals surface area contributed by atoms with Crippen LogP contribution in [0.25, 0.3) is 6.08 Å². The molecule has 1 aliphatic heterocycles. The zero-order valence-electron chi connectivity index (χ0n) is 8.70. The van der Waals surface area contributed by atoms with Gasteiger partial charge in [0.1, 0.15) is 5.75 Å². The normalized spacial score (nSPS) is 19.6. The third-order valence-electron chi connectivity index (χ3n) is 2.37. The molecular weight excluding hydrogens is 176 g/mol. The van der Waals surface area contributed by atoms with Crippen LogP contribution in [0.2, 0.25) is 0 Å². The Balaban J connectivity index is 2.43. The average molecular weight is 190 g/mol. The van der Waals surface area contributed by atoms with Crippen molar-refractivity contribution in [3.05, 3.63) is 34.9 Å². The number of methoxy groups -OCH3 is 1. The smallest absolute Gasteiger partial charge is 0.222 e. The summed E-state index contributed by atoms with van der Waals surface area (Å²) in [6, 6.07) is 6.14. The van der Waals surface area contributed by atoms with Crippen molar-refractivity contribution in [1.82, 2.24) is 0 Å². The van der Waals surface area contributed by atoms with Gasteiger partial charge in [0.05, 0.1) is 0 Å². The lowest BCUT2D eigenvalue weighted by molar-refractivity contribution is -0.0259. The second-order valence-corrected chi connectivity index (χ2v) is 3.62. The second-order valence-electron chi connectivity index (χ2n) is 3.62. The van der Waals surface area contributed by atoms with Crippen molar-refractivity contribution in [1.29, 1.82) is 0 Å². The van der Waals surface area contributed by atoms with Gasteiger partial charge in [-0.1, -0.05) is 11.6 Å². The van der Waals surface area contributed by atoms with Crippen LogP contribution in [0.1, 0.15) is 18.1 Å². The van der Waals surface area contributed by atoms with Crippen LogP contribution in [0.15, 0.2) is 23.8 Å². The topological polar surface area (TPSA) is 18.5 Å². The molecule has 0 aromatic heterocycles. The molecule has 14 heavy (non-hydrogen) atoms. The number of benzene rings is 1. The molecule has 0 radical (unpaired) electrons. The molecule has 0 saturated heterocycles. The highest BCUT2D eigenvalue weighted by Crippen LogP contribution is 2.30. The first-order chi connectivity index (χ1) is 6.70. The van der Waals surface area contributed by atoms with Gasteiger partial charge in [-0.3, -0.25) is 0 Å². The largest absolute Gasteiger partial charge is 0.460 e. The van der Waals surface area contributed by atoms with Crippen molar-refractivity contribution in [2.45, 2.75) is 20.1 Å². The van der Waals surface area contributed by atoms with Gasteiger partial charge in [-0.15, -0.1) is 0 Å². The Labute approximate surface area is 84.2 Å². The van der Waals surface area contributed by atoms with Crippen molar-refractivity contribution in [3.8, 4) is 5.75 Å². The van der Waals surface area contributed by atoms with Crippen LogP contribution in [0.5, 0.6) is 5.75 Å². The van der Waals surface area contributed by atoms with E-state index in [2.05, 4.69) is 19.1 Å². The molecule has 2 heteroatoms. The Morgan fingerprint density at radius 3 is 2.79 bits per heavy atom. The van der Waals surface area contributed by atoms with Gasteiger partial charge in [-0.25, -0.2) is 0 Å². The first-order valence-electron chi connectivity index (χ1n) is 4.69. The van der Waals surface area contributed by atoms with Gasteiger partial charge in [0.15, 0.2) is 0 Å². The fraction of sp³-hybridized carbons (Fsp3) is 0.333. The zero-order valence-corrected chi connectivity index (χ0v) is 8.70. The van der Waals surface area contributed by atoms with Gasteiger partial charge in [-0.05, 0) is 37.6 Å². The van der Waals surface area contributed by atoms with E-state index in [1.165, 1.54) is 5.56 Å². The minimum atomic E-state index is -0.231. The first-order valence-corrected chi connectivity index (χ1v) is 4.69. The van der Waals surface area contributed by atoms with Gasteiger partial charge >= 0.3 is 0 Å². The number of rotatable bonds is 1. The van der Waals surface area contributed by atoms with Crippen molar-refractivity contribution < 1.29 is 9.47 Å². The summed E-state index contributed by atoms with van der Waals surface area (Å²) in [5.74, 6) is 0.896.